The summed E-state index contributed by atoms with van der Waals surface area (Å²) in [6.07, 6.45) is 5.95. The number of nitrogens with zero attached hydrogens (tertiary/aromatic N) is 4. The van der Waals surface area contributed by atoms with E-state index in [-0.39, 0.29) is 5.91 Å². The van der Waals surface area contributed by atoms with Crippen molar-refractivity contribution in [2.45, 2.75) is 13.0 Å². The maximum absolute atomic E-state index is 13.1. The predicted octanol–water partition coefficient (Wildman–Crippen LogP) is 4.61. The molecule has 0 fully saturated rings. The largest absolute Gasteiger partial charge is 0.332 e. The van der Waals surface area contributed by atoms with E-state index >= 15 is 0 Å². The summed E-state index contributed by atoms with van der Waals surface area (Å²) < 4.78 is 1.07. The zero-order chi connectivity index (χ0) is 19.1. The smallest absolute Gasteiger partial charge is 0.256 e. The van der Waals surface area contributed by atoms with Crippen LogP contribution in [0.2, 0.25) is 5.02 Å². The molecule has 0 unspecified atom stereocenters. The summed E-state index contributed by atoms with van der Waals surface area (Å²) in [4.78, 5) is 28.1. The molecule has 1 amide bonds. The van der Waals surface area contributed by atoms with E-state index in [0.29, 0.717) is 30.1 Å². The van der Waals surface area contributed by atoms with Crippen LogP contribution in [0.3, 0.4) is 0 Å². The molecule has 5 nitrogen and oxygen atoms in total. The van der Waals surface area contributed by atoms with Gasteiger partial charge < -0.3 is 4.90 Å². The summed E-state index contributed by atoms with van der Waals surface area (Å²) in [7, 11) is 0. The molecule has 0 saturated heterocycles. The van der Waals surface area contributed by atoms with Gasteiger partial charge in [-0.15, -0.1) is 11.3 Å². The van der Waals surface area contributed by atoms with Gasteiger partial charge in [0.1, 0.15) is 0 Å². The molecule has 7 heteroatoms. The summed E-state index contributed by atoms with van der Waals surface area (Å²) >= 11 is 7.68. The zero-order valence-corrected chi connectivity index (χ0v) is 16.4. The zero-order valence-electron chi connectivity index (χ0n) is 14.8. The molecule has 1 aliphatic rings. The summed E-state index contributed by atoms with van der Waals surface area (Å²) in [6.45, 7) is 1.14. The van der Waals surface area contributed by atoms with Crippen LogP contribution in [-0.4, -0.2) is 32.3 Å². The quantitative estimate of drug-likeness (QED) is 0.496. The number of carbonyl (C=O) groups excluding carboxylic acids is 1. The molecule has 0 aliphatic carbocycles. The van der Waals surface area contributed by atoms with Crippen molar-refractivity contribution in [3.05, 3.63) is 76.3 Å². The van der Waals surface area contributed by atoms with E-state index in [1.807, 2.05) is 41.3 Å². The number of halogens is 1. The first kappa shape index (κ1) is 17.3. The van der Waals surface area contributed by atoms with E-state index in [4.69, 9.17) is 11.6 Å². The molecule has 0 saturated carbocycles. The fraction of sp³-hybridized carbons (Fsp3) is 0.143. The van der Waals surface area contributed by atoms with Gasteiger partial charge in [0.2, 0.25) is 0 Å². The van der Waals surface area contributed by atoms with Crippen molar-refractivity contribution in [1.82, 2.24) is 19.9 Å². The third kappa shape index (κ3) is 3.04. The first-order valence-electron chi connectivity index (χ1n) is 8.91. The van der Waals surface area contributed by atoms with Gasteiger partial charge in [0.25, 0.3) is 5.91 Å². The highest BCUT2D eigenvalue weighted by Gasteiger charge is 2.31. The van der Waals surface area contributed by atoms with E-state index in [9.17, 15) is 4.79 Å². The Balaban J connectivity index is 1.38. The summed E-state index contributed by atoms with van der Waals surface area (Å²) in [6, 6.07) is 11.4. The van der Waals surface area contributed by atoms with Crippen LogP contribution in [0.4, 0.5) is 0 Å². The van der Waals surface area contributed by atoms with Crippen LogP contribution in [0.5, 0.6) is 0 Å². The number of pyridine rings is 2. The molecule has 28 heavy (non-hydrogen) atoms. The fourth-order valence-electron chi connectivity index (χ4n) is 3.51. The van der Waals surface area contributed by atoms with E-state index in [1.165, 1.54) is 0 Å². The minimum Gasteiger partial charge on any atom is -0.332 e. The first-order chi connectivity index (χ1) is 13.7. The maximum Gasteiger partial charge on any atom is 0.256 e. The lowest BCUT2D eigenvalue weighted by Gasteiger charge is -2.14. The van der Waals surface area contributed by atoms with Crippen LogP contribution >= 0.6 is 22.9 Å². The standard InChI is InChI=1S/C21H15ClN4OS/c22-14-1-2-16-18(11-14)28-19(25-16)6-10-26-12-17-20(21(26)27)15(5-9-24-17)13-3-7-23-8-4-13/h1-5,7-9,11H,6,10,12H2. The van der Waals surface area contributed by atoms with Gasteiger partial charge in [0, 0.05) is 36.6 Å². The molecule has 1 aliphatic heterocycles. The van der Waals surface area contributed by atoms with Crippen molar-refractivity contribution in [2.24, 2.45) is 0 Å². The van der Waals surface area contributed by atoms with Gasteiger partial charge in [-0.3, -0.25) is 14.8 Å². The normalized spacial score (nSPS) is 13.3. The van der Waals surface area contributed by atoms with Crippen LogP contribution in [0, 0.1) is 0 Å². The third-order valence-electron chi connectivity index (χ3n) is 4.85. The molecule has 5 rings (SSSR count). The average Bonchev–Trinajstić information content (AvgIpc) is 3.27. The summed E-state index contributed by atoms with van der Waals surface area (Å²) in [5.74, 6) is 0.0269. The SMILES string of the molecule is O=C1c2c(-c3ccncc3)ccnc2CN1CCc1nc2ccc(Cl)cc2s1. The number of fused-ring (bicyclic) bond motifs is 2. The monoisotopic (exact) mass is 406 g/mol. The van der Waals surface area contributed by atoms with Crippen molar-refractivity contribution in [2.75, 3.05) is 6.54 Å². The number of hydrogen-bond acceptors (Lipinski definition) is 5. The van der Waals surface area contributed by atoms with Crippen LogP contribution in [-0.2, 0) is 13.0 Å². The summed E-state index contributed by atoms with van der Waals surface area (Å²) in [5, 5.41) is 1.71. The number of amides is 1. The van der Waals surface area contributed by atoms with Gasteiger partial charge in [-0.05, 0) is 47.5 Å². The van der Waals surface area contributed by atoms with Gasteiger partial charge >= 0.3 is 0 Å². The average molecular weight is 407 g/mol. The number of aromatic nitrogens is 3. The molecule has 0 bridgehead atoms. The Morgan fingerprint density at radius 1 is 1.11 bits per heavy atom. The molecule has 0 radical (unpaired) electrons. The second kappa shape index (κ2) is 6.96. The molecule has 3 aromatic heterocycles. The lowest BCUT2D eigenvalue weighted by atomic mass is 10.0. The molecular weight excluding hydrogens is 392 g/mol. The molecule has 4 aromatic rings. The highest BCUT2D eigenvalue weighted by molar-refractivity contribution is 7.18. The fourth-order valence-corrected chi connectivity index (χ4v) is 4.74. The number of benzene rings is 1. The van der Waals surface area contributed by atoms with Crippen molar-refractivity contribution in [1.29, 1.82) is 0 Å². The van der Waals surface area contributed by atoms with Gasteiger partial charge in [0.05, 0.1) is 33.0 Å². The van der Waals surface area contributed by atoms with Gasteiger partial charge in [-0.2, -0.15) is 0 Å². The van der Waals surface area contributed by atoms with E-state index < -0.39 is 0 Å². The Labute approximate surface area is 170 Å². The number of carbonyl (C=O) groups is 1. The second-order valence-corrected chi connectivity index (χ2v) is 8.16. The van der Waals surface area contributed by atoms with E-state index in [2.05, 4.69) is 15.0 Å². The third-order valence-corrected chi connectivity index (χ3v) is 6.17. The van der Waals surface area contributed by atoms with Crippen molar-refractivity contribution in [3.63, 3.8) is 0 Å². The molecule has 138 valence electrons. The van der Waals surface area contributed by atoms with Crippen molar-refractivity contribution >= 4 is 39.1 Å². The highest BCUT2D eigenvalue weighted by Crippen LogP contribution is 2.31. The van der Waals surface area contributed by atoms with Crippen LogP contribution in [0.1, 0.15) is 21.1 Å². The van der Waals surface area contributed by atoms with Crippen molar-refractivity contribution in [3.8, 4) is 11.1 Å². The van der Waals surface area contributed by atoms with Crippen molar-refractivity contribution < 1.29 is 4.79 Å². The maximum atomic E-state index is 13.1. The molecular formula is C21H15ClN4OS. The molecule has 0 atom stereocenters. The lowest BCUT2D eigenvalue weighted by Crippen LogP contribution is -2.26. The highest BCUT2D eigenvalue weighted by atomic mass is 35.5. The Bertz CT molecular complexity index is 1190. The molecule has 0 spiro atoms. The first-order valence-corrected chi connectivity index (χ1v) is 10.1. The minimum atomic E-state index is 0.0269. The lowest BCUT2D eigenvalue weighted by molar-refractivity contribution is 0.0780. The van der Waals surface area contributed by atoms with Gasteiger partial charge in [-0.25, -0.2) is 4.98 Å². The van der Waals surface area contributed by atoms with Crippen LogP contribution < -0.4 is 0 Å². The van der Waals surface area contributed by atoms with Crippen LogP contribution in [0.15, 0.2) is 55.0 Å². The second-order valence-electron chi connectivity index (χ2n) is 6.61. The van der Waals surface area contributed by atoms with E-state index in [1.54, 1.807) is 29.9 Å². The minimum absolute atomic E-state index is 0.0269. The Hall–Kier alpha value is -2.83. The predicted molar refractivity (Wildman–Crippen MR) is 111 cm³/mol. The molecule has 0 N–H and O–H groups in total. The number of thiazole rings is 1. The van der Waals surface area contributed by atoms with Crippen LogP contribution in [0.25, 0.3) is 21.3 Å². The Morgan fingerprint density at radius 3 is 2.82 bits per heavy atom. The Morgan fingerprint density at radius 2 is 1.96 bits per heavy atom. The van der Waals surface area contributed by atoms with E-state index in [0.717, 1.165) is 32.0 Å². The Kier molecular flexibility index (Phi) is 4.30. The molecule has 1 aromatic carbocycles. The topological polar surface area (TPSA) is 59.0 Å². The summed E-state index contributed by atoms with van der Waals surface area (Å²) in [5.41, 5.74) is 4.36. The number of hydrogen-bond donors (Lipinski definition) is 0. The van der Waals surface area contributed by atoms with Gasteiger partial charge in [0.15, 0.2) is 0 Å². The van der Waals surface area contributed by atoms with Gasteiger partial charge in [-0.1, -0.05) is 11.6 Å². The number of rotatable bonds is 4. The molecule has 4 heterocycles.